The molecule has 0 saturated carbocycles. The number of hydrogen-bond donors (Lipinski definition) is 2. The first-order chi connectivity index (χ1) is 6.23. The summed E-state index contributed by atoms with van der Waals surface area (Å²) in [5, 5.41) is 2.82. The maximum Gasteiger partial charge on any atom is 0.220 e. The fourth-order valence-electron chi connectivity index (χ4n) is 0.931. The monoisotopic (exact) mass is 200 g/mol. The highest BCUT2D eigenvalue weighted by Gasteiger charge is 2.22. The summed E-state index contributed by atoms with van der Waals surface area (Å²) in [5.74, 6) is 0.486. The first-order valence-corrected chi connectivity index (χ1v) is 5.25. The number of carbonyl (C=O) groups excluding carboxylic acids is 1. The van der Waals surface area contributed by atoms with Gasteiger partial charge in [0.05, 0.1) is 0 Å². The van der Waals surface area contributed by atoms with E-state index in [-0.39, 0.29) is 17.4 Å². The van der Waals surface area contributed by atoms with Crippen molar-refractivity contribution < 1.29 is 4.79 Å². The van der Waals surface area contributed by atoms with Crippen molar-refractivity contribution in [2.24, 2.45) is 17.1 Å². The molecule has 0 aromatic heterocycles. The van der Waals surface area contributed by atoms with Crippen LogP contribution in [0.15, 0.2) is 0 Å². The normalized spacial score (nSPS) is 16.1. The minimum Gasteiger partial charge on any atom is -0.355 e. The van der Waals surface area contributed by atoms with E-state index in [1.54, 1.807) is 0 Å². The summed E-state index contributed by atoms with van der Waals surface area (Å²) in [6, 6.07) is 0.0314. The van der Waals surface area contributed by atoms with Gasteiger partial charge >= 0.3 is 0 Å². The summed E-state index contributed by atoms with van der Waals surface area (Å²) in [5.41, 5.74) is 5.73. The highest BCUT2D eigenvalue weighted by molar-refractivity contribution is 5.76. The predicted molar refractivity (Wildman–Crippen MR) is 59.9 cm³/mol. The van der Waals surface area contributed by atoms with Crippen molar-refractivity contribution >= 4 is 5.91 Å². The summed E-state index contributed by atoms with van der Waals surface area (Å²) >= 11 is 0. The molecular formula is C11H24N2O. The fraction of sp³-hybridized carbons (Fsp3) is 0.909. The number of nitrogens with two attached hydrogens (primary N) is 1. The number of rotatable bonds is 4. The van der Waals surface area contributed by atoms with Crippen LogP contribution in [-0.2, 0) is 4.79 Å². The van der Waals surface area contributed by atoms with E-state index in [0.717, 1.165) is 0 Å². The van der Waals surface area contributed by atoms with Crippen LogP contribution in [0.25, 0.3) is 0 Å². The lowest BCUT2D eigenvalue weighted by Gasteiger charge is -2.26. The van der Waals surface area contributed by atoms with E-state index in [1.165, 1.54) is 0 Å². The summed E-state index contributed by atoms with van der Waals surface area (Å²) < 4.78 is 0. The SMILES string of the molecule is CC(N)CNC(=O)CC(C)C(C)(C)C. The van der Waals surface area contributed by atoms with Crippen LogP contribution in [-0.4, -0.2) is 18.5 Å². The Kier molecular flexibility index (Phi) is 5.13. The zero-order chi connectivity index (χ0) is 11.4. The molecule has 0 aliphatic carbocycles. The Morgan fingerprint density at radius 2 is 1.86 bits per heavy atom. The average Bonchev–Trinajstić information content (AvgIpc) is 1.99. The highest BCUT2D eigenvalue weighted by atomic mass is 16.1. The number of hydrogen-bond acceptors (Lipinski definition) is 2. The Labute approximate surface area is 87.4 Å². The summed E-state index contributed by atoms with van der Waals surface area (Å²) in [6.07, 6.45) is 0.580. The number of nitrogens with one attached hydrogen (secondary N) is 1. The molecule has 2 unspecified atom stereocenters. The van der Waals surface area contributed by atoms with Gasteiger partial charge in [-0.2, -0.15) is 0 Å². The van der Waals surface area contributed by atoms with Crippen LogP contribution in [0.5, 0.6) is 0 Å². The van der Waals surface area contributed by atoms with Crippen LogP contribution in [0.2, 0.25) is 0 Å². The van der Waals surface area contributed by atoms with Crippen molar-refractivity contribution in [1.82, 2.24) is 5.32 Å². The van der Waals surface area contributed by atoms with E-state index in [1.807, 2.05) is 6.92 Å². The Hall–Kier alpha value is -0.570. The molecule has 1 amide bonds. The molecule has 0 saturated heterocycles. The zero-order valence-electron chi connectivity index (χ0n) is 10.1. The van der Waals surface area contributed by atoms with E-state index in [2.05, 4.69) is 33.0 Å². The lowest BCUT2D eigenvalue weighted by molar-refractivity contribution is -0.122. The van der Waals surface area contributed by atoms with E-state index in [9.17, 15) is 4.79 Å². The van der Waals surface area contributed by atoms with Crippen molar-refractivity contribution in [1.29, 1.82) is 0 Å². The van der Waals surface area contributed by atoms with Crippen LogP contribution in [0.4, 0.5) is 0 Å². The van der Waals surface area contributed by atoms with Crippen LogP contribution < -0.4 is 11.1 Å². The third-order valence-electron chi connectivity index (χ3n) is 2.59. The van der Waals surface area contributed by atoms with Gasteiger partial charge in [0.2, 0.25) is 5.91 Å². The third kappa shape index (κ3) is 5.97. The van der Waals surface area contributed by atoms with E-state index in [0.29, 0.717) is 18.9 Å². The van der Waals surface area contributed by atoms with Gasteiger partial charge in [-0.3, -0.25) is 4.79 Å². The quantitative estimate of drug-likeness (QED) is 0.723. The van der Waals surface area contributed by atoms with Crippen molar-refractivity contribution in [3.63, 3.8) is 0 Å². The van der Waals surface area contributed by atoms with Gasteiger partial charge in [-0.05, 0) is 18.3 Å². The molecule has 0 aromatic rings. The molecule has 84 valence electrons. The van der Waals surface area contributed by atoms with Crippen molar-refractivity contribution in [3.8, 4) is 0 Å². The molecule has 0 aliphatic heterocycles. The van der Waals surface area contributed by atoms with Gasteiger partial charge in [-0.1, -0.05) is 27.7 Å². The molecule has 0 rings (SSSR count). The first kappa shape index (κ1) is 13.4. The first-order valence-electron chi connectivity index (χ1n) is 5.25. The predicted octanol–water partition coefficient (Wildman–Crippen LogP) is 1.52. The van der Waals surface area contributed by atoms with Crippen molar-refractivity contribution in [3.05, 3.63) is 0 Å². The molecular weight excluding hydrogens is 176 g/mol. The van der Waals surface area contributed by atoms with Gasteiger partial charge in [-0.25, -0.2) is 0 Å². The van der Waals surface area contributed by atoms with Crippen LogP contribution in [0, 0.1) is 11.3 Å². The Bertz CT molecular complexity index is 182. The minimum atomic E-state index is 0.0314. The molecule has 0 fully saturated rings. The van der Waals surface area contributed by atoms with E-state index >= 15 is 0 Å². The molecule has 0 bridgehead atoms. The van der Waals surface area contributed by atoms with Crippen LogP contribution >= 0.6 is 0 Å². The van der Waals surface area contributed by atoms with Gasteiger partial charge < -0.3 is 11.1 Å². The van der Waals surface area contributed by atoms with Crippen molar-refractivity contribution in [2.75, 3.05) is 6.54 Å². The second-order valence-corrected chi connectivity index (χ2v) is 5.25. The summed E-state index contributed by atoms with van der Waals surface area (Å²) in [6.45, 7) is 11.0. The molecule has 0 aliphatic rings. The maximum atomic E-state index is 11.4. The van der Waals surface area contributed by atoms with E-state index < -0.39 is 0 Å². The summed E-state index contributed by atoms with van der Waals surface area (Å²) in [7, 11) is 0. The standard InChI is InChI=1S/C11H24N2O/c1-8(11(3,4)5)6-10(14)13-7-9(2)12/h8-9H,6-7,12H2,1-5H3,(H,13,14). The van der Waals surface area contributed by atoms with Gasteiger partial charge in [0.25, 0.3) is 0 Å². The highest BCUT2D eigenvalue weighted by Crippen LogP contribution is 2.27. The molecule has 0 radical (unpaired) electrons. The molecule has 2 atom stereocenters. The Morgan fingerprint density at radius 3 is 2.21 bits per heavy atom. The van der Waals surface area contributed by atoms with Gasteiger partial charge in [0, 0.05) is 19.0 Å². The molecule has 3 N–H and O–H groups in total. The fourth-order valence-corrected chi connectivity index (χ4v) is 0.931. The van der Waals surface area contributed by atoms with Crippen LogP contribution in [0.1, 0.15) is 41.0 Å². The Morgan fingerprint density at radius 1 is 1.36 bits per heavy atom. The zero-order valence-corrected chi connectivity index (χ0v) is 10.1. The molecule has 3 heteroatoms. The average molecular weight is 200 g/mol. The van der Waals surface area contributed by atoms with E-state index in [4.69, 9.17) is 5.73 Å². The topological polar surface area (TPSA) is 55.1 Å². The smallest absolute Gasteiger partial charge is 0.220 e. The molecule has 14 heavy (non-hydrogen) atoms. The molecule has 0 aromatic carbocycles. The lowest BCUT2D eigenvalue weighted by Crippen LogP contribution is -2.36. The largest absolute Gasteiger partial charge is 0.355 e. The number of amides is 1. The summed E-state index contributed by atoms with van der Waals surface area (Å²) in [4.78, 5) is 11.4. The van der Waals surface area contributed by atoms with Gasteiger partial charge in [0.1, 0.15) is 0 Å². The lowest BCUT2D eigenvalue weighted by atomic mass is 9.80. The molecule has 0 heterocycles. The molecule has 0 spiro atoms. The second-order valence-electron chi connectivity index (χ2n) is 5.25. The third-order valence-corrected chi connectivity index (χ3v) is 2.59. The van der Waals surface area contributed by atoms with Crippen LogP contribution in [0.3, 0.4) is 0 Å². The van der Waals surface area contributed by atoms with Gasteiger partial charge in [-0.15, -0.1) is 0 Å². The second kappa shape index (κ2) is 5.35. The molecule has 3 nitrogen and oxygen atoms in total. The number of carbonyl (C=O) groups is 1. The maximum absolute atomic E-state index is 11.4. The van der Waals surface area contributed by atoms with Gasteiger partial charge in [0.15, 0.2) is 0 Å². The minimum absolute atomic E-state index is 0.0314. The van der Waals surface area contributed by atoms with Crippen molar-refractivity contribution in [2.45, 2.75) is 47.1 Å². The Balaban J connectivity index is 3.84.